The quantitative estimate of drug-likeness (QED) is 0.521. The van der Waals surface area contributed by atoms with Gasteiger partial charge in [0.05, 0.1) is 0 Å². The van der Waals surface area contributed by atoms with Crippen molar-refractivity contribution in [3.05, 3.63) is 0 Å². The summed E-state index contributed by atoms with van der Waals surface area (Å²) in [5, 5.41) is 5.12. The van der Waals surface area contributed by atoms with Crippen LogP contribution in [0, 0.1) is 12.3 Å². The number of terminal acetylenes is 1. The number of hydrogen-bond acceptors (Lipinski definition) is 3. The van der Waals surface area contributed by atoms with Crippen molar-refractivity contribution in [2.75, 3.05) is 32.8 Å². The van der Waals surface area contributed by atoms with Gasteiger partial charge in [0.15, 0.2) is 0 Å². The van der Waals surface area contributed by atoms with Gasteiger partial charge in [0, 0.05) is 26.2 Å². The first kappa shape index (κ1) is 7.55. The molecule has 0 radical (unpaired) electrons. The SMILES string of the molecule is C#CCON1CCNCC1. The van der Waals surface area contributed by atoms with Gasteiger partial charge in [-0.2, -0.15) is 5.06 Å². The monoisotopic (exact) mass is 140 g/mol. The molecule has 0 aromatic heterocycles. The molecule has 0 bridgehead atoms. The second kappa shape index (κ2) is 4.29. The van der Waals surface area contributed by atoms with E-state index in [-0.39, 0.29) is 0 Å². The van der Waals surface area contributed by atoms with Crippen LogP contribution in [-0.4, -0.2) is 37.8 Å². The number of piperazine rings is 1. The summed E-state index contributed by atoms with van der Waals surface area (Å²) in [5.74, 6) is 2.43. The first-order valence-electron chi connectivity index (χ1n) is 3.45. The molecule has 0 aromatic rings. The summed E-state index contributed by atoms with van der Waals surface area (Å²) < 4.78 is 0. The number of nitrogens with one attached hydrogen (secondary N) is 1. The molecule has 1 N–H and O–H groups in total. The number of rotatable bonds is 2. The minimum absolute atomic E-state index is 0.389. The lowest BCUT2D eigenvalue weighted by Gasteiger charge is -2.25. The molecule has 1 aliphatic heterocycles. The molecule has 0 amide bonds. The summed E-state index contributed by atoms with van der Waals surface area (Å²) in [7, 11) is 0. The number of hydrogen-bond donors (Lipinski definition) is 1. The van der Waals surface area contributed by atoms with Gasteiger partial charge in [-0.05, 0) is 0 Å². The van der Waals surface area contributed by atoms with E-state index in [2.05, 4.69) is 11.2 Å². The third-order valence-electron chi connectivity index (χ3n) is 1.41. The van der Waals surface area contributed by atoms with Crippen molar-refractivity contribution in [3.63, 3.8) is 0 Å². The third-order valence-corrected chi connectivity index (χ3v) is 1.41. The van der Waals surface area contributed by atoms with Crippen LogP contribution >= 0.6 is 0 Å². The fraction of sp³-hybridized carbons (Fsp3) is 0.714. The molecule has 0 spiro atoms. The van der Waals surface area contributed by atoms with Crippen LogP contribution in [0.5, 0.6) is 0 Å². The van der Waals surface area contributed by atoms with Crippen LogP contribution in [0.1, 0.15) is 0 Å². The molecule has 56 valence electrons. The summed E-state index contributed by atoms with van der Waals surface area (Å²) in [6.45, 7) is 4.23. The van der Waals surface area contributed by atoms with Gasteiger partial charge in [-0.3, -0.25) is 4.84 Å². The lowest BCUT2D eigenvalue weighted by Crippen LogP contribution is -2.43. The Morgan fingerprint density at radius 2 is 2.20 bits per heavy atom. The topological polar surface area (TPSA) is 24.5 Å². The van der Waals surface area contributed by atoms with Crippen LogP contribution in [0.4, 0.5) is 0 Å². The Balaban J connectivity index is 2.09. The molecular formula is C7H12N2O. The van der Waals surface area contributed by atoms with Gasteiger partial charge in [0.25, 0.3) is 0 Å². The van der Waals surface area contributed by atoms with E-state index in [1.54, 1.807) is 0 Å². The minimum Gasteiger partial charge on any atom is -0.314 e. The summed E-state index contributed by atoms with van der Waals surface area (Å²) in [5.41, 5.74) is 0. The molecule has 0 aliphatic carbocycles. The van der Waals surface area contributed by atoms with Gasteiger partial charge in [-0.15, -0.1) is 6.42 Å². The molecule has 3 nitrogen and oxygen atoms in total. The highest BCUT2D eigenvalue weighted by molar-refractivity contribution is 4.82. The van der Waals surface area contributed by atoms with E-state index in [0.29, 0.717) is 6.61 Å². The Labute approximate surface area is 61.3 Å². The highest BCUT2D eigenvalue weighted by atomic mass is 16.7. The highest BCUT2D eigenvalue weighted by Crippen LogP contribution is 1.91. The molecule has 1 heterocycles. The molecule has 0 unspecified atom stereocenters. The zero-order valence-electron chi connectivity index (χ0n) is 5.97. The zero-order valence-corrected chi connectivity index (χ0v) is 5.97. The Bertz CT molecular complexity index is 124. The second-order valence-corrected chi connectivity index (χ2v) is 2.16. The minimum atomic E-state index is 0.389. The van der Waals surface area contributed by atoms with E-state index in [4.69, 9.17) is 11.3 Å². The smallest absolute Gasteiger partial charge is 0.129 e. The Kier molecular flexibility index (Phi) is 3.23. The van der Waals surface area contributed by atoms with Crippen molar-refractivity contribution in [1.29, 1.82) is 0 Å². The fourth-order valence-electron chi connectivity index (χ4n) is 0.902. The van der Waals surface area contributed by atoms with E-state index in [1.165, 1.54) is 0 Å². The van der Waals surface area contributed by atoms with Crippen LogP contribution in [0.3, 0.4) is 0 Å². The summed E-state index contributed by atoms with van der Waals surface area (Å²) >= 11 is 0. The van der Waals surface area contributed by atoms with E-state index >= 15 is 0 Å². The molecule has 10 heavy (non-hydrogen) atoms. The maximum Gasteiger partial charge on any atom is 0.129 e. The average molecular weight is 140 g/mol. The lowest BCUT2D eigenvalue weighted by molar-refractivity contribution is -0.151. The van der Waals surface area contributed by atoms with E-state index in [9.17, 15) is 0 Å². The summed E-state index contributed by atoms with van der Waals surface area (Å²) in [6.07, 6.45) is 5.03. The zero-order chi connectivity index (χ0) is 7.23. The number of nitrogens with zero attached hydrogens (tertiary/aromatic N) is 1. The van der Waals surface area contributed by atoms with E-state index in [1.807, 2.05) is 5.06 Å². The van der Waals surface area contributed by atoms with Crippen molar-refractivity contribution >= 4 is 0 Å². The van der Waals surface area contributed by atoms with Crippen molar-refractivity contribution in [1.82, 2.24) is 10.4 Å². The van der Waals surface area contributed by atoms with E-state index < -0.39 is 0 Å². The summed E-state index contributed by atoms with van der Waals surface area (Å²) in [6, 6.07) is 0. The van der Waals surface area contributed by atoms with Crippen LogP contribution in [0.15, 0.2) is 0 Å². The Morgan fingerprint density at radius 3 is 2.80 bits per heavy atom. The van der Waals surface area contributed by atoms with E-state index in [0.717, 1.165) is 26.2 Å². The van der Waals surface area contributed by atoms with Crippen LogP contribution in [0.2, 0.25) is 0 Å². The predicted octanol–water partition coefficient (Wildman–Crippen LogP) is -0.544. The second-order valence-electron chi connectivity index (χ2n) is 2.16. The predicted molar refractivity (Wildman–Crippen MR) is 39.2 cm³/mol. The largest absolute Gasteiger partial charge is 0.314 e. The molecule has 3 heteroatoms. The summed E-state index contributed by atoms with van der Waals surface area (Å²) in [4.78, 5) is 5.19. The van der Waals surface area contributed by atoms with Crippen molar-refractivity contribution in [2.45, 2.75) is 0 Å². The van der Waals surface area contributed by atoms with Gasteiger partial charge >= 0.3 is 0 Å². The Hall–Kier alpha value is -0.560. The van der Waals surface area contributed by atoms with Gasteiger partial charge < -0.3 is 5.32 Å². The molecule has 1 aliphatic rings. The molecule has 0 aromatic carbocycles. The molecular weight excluding hydrogens is 128 g/mol. The first-order chi connectivity index (χ1) is 4.93. The molecule has 0 saturated carbocycles. The van der Waals surface area contributed by atoms with Crippen LogP contribution < -0.4 is 5.32 Å². The van der Waals surface area contributed by atoms with Crippen LogP contribution in [0.25, 0.3) is 0 Å². The van der Waals surface area contributed by atoms with Gasteiger partial charge in [0.1, 0.15) is 6.61 Å². The molecule has 1 saturated heterocycles. The fourth-order valence-corrected chi connectivity index (χ4v) is 0.902. The van der Waals surface area contributed by atoms with Crippen molar-refractivity contribution in [3.8, 4) is 12.3 Å². The Morgan fingerprint density at radius 1 is 1.50 bits per heavy atom. The maximum absolute atomic E-state index is 5.19. The van der Waals surface area contributed by atoms with Crippen molar-refractivity contribution < 1.29 is 4.84 Å². The molecule has 1 rings (SSSR count). The normalized spacial score (nSPS) is 20.3. The standard InChI is InChI=1S/C7H12N2O/c1-2-7-10-9-5-3-8-4-6-9/h1,8H,3-7H2. The molecule has 1 fully saturated rings. The third kappa shape index (κ3) is 2.36. The first-order valence-corrected chi connectivity index (χ1v) is 3.45. The van der Waals surface area contributed by atoms with Gasteiger partial charge in [-0.1, -0.05) is 5.92 Å². The molecule has 0 atom stereocenters. The van der Waals surface area contributed by atoms with Crippen LogP contribution in [-0.2, 0) is 4.84 Å². The van der Waals surface area contributed by atoms with Crippen molar-refractivity contribution in [2.24, 2.45) is 0 Å². The van der Waals surface area contributed by atoms with Gasteiger partial charge in [-0.25, -0.2) is 0 Å². The average Bonchev–Trinajstić information content (AvgIpc) is 2.03. The highest BCUT2D eigenvalue weighted by Gasteiger charge is 2.07. The lowest BCUT2D eigenvalue weighted by atomic mass is 10.4. The number of hydroxylamine groups is 2. The van der Waals surface area contributed by atoms with Gasteiger partial charge in [0.2, 0.25) is 0 Å². The maximum atomic E-state index is 5.19.